The predicted molar refractivity (Wildman–Crippen MR) is 102 cm³/mol. The van der Waals surface area contributed by atoms with E-state index in [1.54, 1.807) is 13.8 Å². The smallest absolute Gasteiger partial charge is 0.214 e. The van der Waals surface area contributed by atoms with E-state index in [1.807, 2.05) is 24.3 Å². The molecule has 2 unspecified atom stereocenters. The van der Waals surface area contributed by atoms with Gasteiger partial charge in [0.05, 0.1) is 11.0 Å². The minimum Gasteiger partial charge on any atom is -0.228 e. The third kappa shape index (κ3) is 4.63. The number of rotatable bonds is 4. The Labute approximate surface area is 152 Å². The van der Waals surface area contributed by atoms with Gasteiger partial charge in [0.15, 0.2) is 9.84 Å². The predicted octanol–water partition coefficient (Wildman–Crippen LogP) is 2.93. The quantitative estimate of drug-likeness (QED) is 0.861. The zero-order valence-corrected chi connectivity index (χ0v) is 17.2. The molecule has 1 saturated heterocycles. The van der Waals surface area contributed by atoms with Crippen LogP contribution in [0.3, 0.4) is 0 Å². The zero-order valence-electron chi connectivity index (χ0n) is 15.6. The maximum Gasteiger partial charge on any atom is 0.214 e. The largest absolute Gasteiger partial charge is 0.228 e. The number of nitrogens with one attached hydrogen (secondary N) is 1. The number of sulfonamides is 1. The Bertz CT molecular complexity index is 804. The maximum absolute atomic E-state index is 12.7. The lowest BCUT2D eigenvalue weighted by atomic mass is 9.86. The van der Waals surface area contributed by atoms with E-state index in [-0.39, 0.29) is 11.2 Å². The molecule has 1 aromatic carbocycles. The van der Waals surface area contributed by atoms with Crippen LogP contribution < -0.4 is 4.72 Å². The number of benzene rings is 1. The fourth-order valence-corrected chi connectivity index (χ4v) is 6.25. The molecule has 1 aliphatic heterocycles. The van der Waals surface area contributed by atoms with Crippen LogP contribution in [-0.2, 0) is 25.3 Å². The summed E-state index contributed by atoms with van der Waals surface area (Å²) in [4.78, 5) is 0. The molecule has 1 fully saturated rings. The van der Waals surface area contributed by atoms with Crippen LogP contribution in [0.25, 0.3) is 0 Å². The van der Waals surface area contributed by atoms with Crippen LogP contribution in [0.2, 0.25) is 0 Å². The second kappa shape index (κ2) is 7.00. The Morgan fingerprint density at radius 2 is 1.68 bits per heavy atom. The minimum atomic E-state index is -3.53. The third-order valence-corrected chi connectivity index (χ3v) is 8.84. The highest BCUT2D eigenvalue weighted by molar-refractivity contribution is 7.92. The summed E-state index contributed by atoms with van der Waals surface area (Å²) in [6.07, 6.45) is 1.00. The molecule has 0 aliphatic carbocycles. The van der Waals surface area contributed by atoms with Crippen molar-refractivity contribution >= 4 is 19.9 Å². The summed E-state index contributed by atoms with van der Waals surface area (Å²) in [5, 5.41) is -1.43. The summed E-state index contributed by atoms with van der Waals surface area (Å²) >= 11 is 0. The van der Waals surface area contributed by atoms with E-state index in [4.69, 9.17) is 0 Å². The Kier molecular flexibility index (Phi) is 5.71. The van der Waals surface area contributed by atoms with Crippen molar-refractivity contribution in [3.05, 3.63) is 35.4 Å². The summed E-state index contributed by atoms with van der Waals surface area (Å²) in [5.41, 5.74) is 1.75. The second-order valence-corrected chi connectivity index (χ2v) is 12.6. The molecule has 0 aromatic heterocycles. The number of hydrogen-bond acceptors (Lipinski definition) is 4. The first kappa shape index (κ1) is 20.4. The van der Waals surface area contributed by atoms with Crippen molar-refractivity contribution in [2.75, 3.05) is 5.75 Å². The topological polar surface area (TPSA) is 80.3 Å². The monoisotopic (exact) mass is 387 g/mol. The van der Waals surface area contributed by atoms with Crippen molar-refractivity contribution < 1.29 is 16.8 Å². The second-order valence-electron chi connectivity index (χ2n) is 8.12. The van der Waals surface area contributed by atoms with Gasteiger partial charge in [-0.3, -0.25) is 0 Å². The summed E-state index contributed by atoms with van der Waals surface area (Å²) < 4.78 is 52.6. The molecule has 0 spiro atoms. The summed E-state index contributed by atoms with van der Waals surface area (Å²) in [6, 6.07) is 6.91. The van der Waals surface area contributed by atoms with Gasteiger partial charge >= 0.3 is 0 Å². The van der Waals surface area contributed by atoms with Crippen LogP contribution in [0, 0.1) is 0 Å². The highest BCUT2D eigenvalue weighted by Crippen LogP contribution is 2.35. The summed E-state index contributed by atoms with van der Waals surface area (Å²) in [6.45, 7) is 9.47. The van der Waals surface area contributed by atoms with Crippen molar-refractivity contribution in [3.63, 3.8) is 0 Å². The zero-order chi connectivity index (χ0) is 19.0. The van der Waals surface area contributed by atoms with E-state index in [0.29, 0.717) is 18.4 Å². The van der Waals surface area contributed by atoms with Crippen molar-refractivity contribution in [2.45, 2.75) is 69.4 Å². The fraction of sp³-hybridized carbons (Fsp3) is 0.667. The van der Waals surface area contributed by atoms with Crippen molar-refractivity contribution in [1.29, 1.82) is 0 Å². The van der Waals surface area contributed by atoms with Crippen LogP contribution in [0.15, 0.2) is 24.3 Å². The SMILES string of the molecule is CC(C)S(=O)(=O)NC1CCCS(=O)(=O)C1c1ccc(C(C)(C)C)cc1. The van der Waals surface area contributed by atoms with E-state index in [2.05, 4.69) is 25.5 Å². The molecule has 1 heterocycles. The average molecular weight is 388 g/mol. The van der Waals surface area contributed by atoms with Crippen LogP contribution in [0.1, 0.15) is 63.8 Å². The minimum absolute atomic E-state index is 0.0252. The Hall–Kier alpha value is -0.920. The first-order valence-corrected chi connectivity index (χ1v) is 11.9. The number of hydrogen-bond donors (Lipinski definition) is 1. The number of sulfone groups is 1. The lowest BCUT2D eigenvalue weighted by molar-refractivity contribution is 0.469. The third-order valence-electron chi connectivity index (χ3n) is 4.74. The molecule has 7 heteroatoms. The highest BCUT2D eigenvalue weighted by atomic mass is 32.2. The molecule has 1 N–H and O–H groups in total. The normalized spacial score (nSPS) is 24.4. The fourth-order valence-electron chi connectivity index (χ4n) is 3.11. The van der Waals surface area contributed by atoms with Gasteiger partial charge in [0.1, 0.15) is 5.25 Å². The van der Waals surface area contributed by atoms with Crippen LogP contribution >= 0.6 is 0 Å². The van der Waals surface area contributed by atoms with Crippen molar-refractivity contribution in [3.8, 4) is 0 Å². The Balaban J connectivity index is 2.41. The summed E-state index contributed by atoms with van der Waals surface area (Å²) in [7, 11) is -6.93. The van der Waals surface area contributed by atoms with Gasteiger partial charge < -0.3 is 0 Å². The molecule has 2 atom stereocenters. The first-order valence-electron chi connectivity index (χ1n) is 8.68. The summed E-state index contributed by atoms with van der Waals surface area (Å²) in [5.74, 6) is 0.0958. The molecule has 1 aliphatic rings. The first-order chi connectivity index (χ1) is 11.3. The van der Waals surface area contributed by atoms with Gasteiger partial charge in [-0.05, 0) is 43.2 Å². The standard InChI is InChI=1S/C18H29NO4S2/c1-13(2)25(22,23)19-16-7-6-12-24(20,21)17(16)14-8-10-15(11-9-14)18(3,4)5/h8-11,13,16-17,19H,6-7,12H2,1-5H3. The molecule has 142 valence electrons. The van der Waals surface area contributed by atoms with E-state index in [0.717, 1.165) is 5.56 Å². The molecule has 0 bridgehead atoms. The maximum atomic E-state index is 12.7. The van der Waals surface area contributed by atoms with Crippen LogP contribution in [0.4, 0.5) is 0 Å². The Morgan fingerprint density at radius 1 is 1.12 bits per heavy atom. The lowest BCUT2D eigenvalue weighted by Crippen LogP contribution is -2.47. The van der Waals surface area contributed by atoms with Gasteiger partial charge in [0.2, 0.25) is 10.0 Å². The molecule has 0 amide bonds. The molecule has 0 radical (unpaired) electrons. The molecule has 2 rings (SSSR count). The van der Waals surface area contributed by atoms with E-state index in [1.165, 1.54) is 0 Å². The van der Waals surface area contributed by atoms with Gasteiger partial charge in [-0.25, -0.2) is 21.6 Å². The van der Waals surface area contributed by atoms with Crippen LogP contribution in [-0.4, -0.2) is 33.9 Å². The Morgan fingerprint density at radius 3 is 2.16 bits per heavy atom. The molecule has 0 saturated carbocycles. The van der Waals surface area contributed by atoms with E-state index < -0.39 is 36.4 Å². The lowest BCUT2D eigenvalue weighted by Gasteiger charge is -2.33. The molecule has 1 aromatic rings. The van der Waals surface area contributed by atoms with Gasteiger partial charge in [-0.15, -0.1) is 0 Å². The van der Waals surface area contributed by atoms with Gasteiger partial charge in [0, 0.05) is 6.04 Å². The highest BCUT2D eigenvalue weighted by Gasteiger charge is 2.40. The molecular formula is C18H29NO4S2. The molecule has 5 nitrogen and oxygen atoms in total. The molecule has 25 heavy (non-hydrogen) atoms. The van der Waals surface area contributed by atoms with E-state index >= 15 is 0 Å². The van der Waals surface area contributed by atoms with Gasteiger partial charge in [-0.2, -0.15) is 0 Å². The van der Waals surface area contributed by atoms with Gasteiger partial charge in [0.25, 0.3) is 0 Å². The van der Waals surface area contributed by atoms with Crippen molar-refractivity contribution in [2.24, 2.45) is 0 Å². The van der Waals surface area contributed by atoms with Gasteiger partial charge in [-0.1, -0.05) is 45.0 Å². The van der Waals surface area contributed by atoms with Crippen molar-refractivity contribution in [1.82, 2.24) is 4.72 Å². The van der Waals surface area contributed by atoms with Crippen LogP contribution in [0.5, 0.6) is 0 Å². The van der Waals surface area contributed by atoms with E-state index in [9.17, 15) is 16.8 Å². The molecular weight excluding hydrogens is 358 g/mol. The average Bonchev–Trinajstić information content (AvgIpc) is 2.45.